The van der Waals surface area contributed by atoms with Gasteiger partial charge in [0, 0.05) is 4.75 Å². The molecule has 0 saturated carbocycles. The topological polar surface area (TPSA) is 92.4 Å². The SMILES string of the molecule is CC(C)(S)[C@H](NC(=O)C(N)CCc1ccccc1)C(=O)O. The van der Waals surface area contributed by atoms with E-state index >= 15 is 0 Å². The molecule has 6 heteroatoms. The lowest BCUT2D eigenvalue weighted by Crippen LogP contribution is -2.55. The number of hydrogen-bond acceptors (Lipinski definition) is 4. The zero-order valence-corrected chi connectivity index (χ0v) is 13.1. The van der Waals surface area contributed by atoms with Gasteiger partial charge in [-0.2, -0.15) is 12.6 Å². The van der Waals surface area contributed by atoms with Crippen LogP contribution in [-0.4, -0.2) is 33.8 Å². The van der Waals surface area contributed by atoms with Crippen LogP contribution in [0.4, 0.5) is 0 Å². The van der Waals surface area contributed by atoms with Crippen molar-refractivity contribution in [3.63, 3.8) is 0 Å². The van der Waals surface area contributed by atoms with Gasteiger partial charge in [-0.05, 0) is 32.3 Å². The average Bonchev–Trinajstić information content (AvgIpc) is 2.41. The lowest BCUT2D eigenvalue weighted by atomic mass is 10.0. The summed E-state index contributed by atoms with van der Waals surface area (Å²) in [5.41, 5.74) is 6.91. The van der Waals surface area contributed by atoms with Gasteiger partial charge in [-0.25, -0.2) is 4.79 Å². The van der Waals surface area contributed by atoms with Crippen LogP contribution >= 0.6 is 12.6 Å². The number of nitrogens with one attached hydrogen (secondary N) is 1. The molecule has 0 aliphatic rings. The summed E-state index contributed by atoms with van der Waals surface area (Å²) in [7, 11) is 0. The maximum atomic E-state index is 12.0. The first kappa shape index (κ1) is 17.5. The number of carboxylic acid groups (broad SMARTS) is 1. The normalized spacial score (nSPS) is 14.3. The number of carboxylic acids is 1. The number of aryl methyl sites for hydroxylation is 1. The molecule has 1 rings (SSSR count). The number of amides is 1. The minimum absolute atomic E-state index is 0.454. The van der Waals surface area contributed by atoms with Crippen molar-refractivity contribution in [2.24, 2.45) is 5.73 Å². The van der Waals surface area contributed by atoms with E-state index in [1.54, 1.807) is 13.8 Å². The fourth-order valence-corrected chi connectivity index (χ4v) is 2.06. The van der Waals surface area contributed by atoms with Gasteiger partial charge in [-0.15, -0.1) is 0 Å². The van der Waals surface area contributed by atoms with Gasteiger partial charge in [0.2, 0.25) is 5.91 Å². The van der Waals surface area contributed by atoms with Crippen LogP contribution in [-0.2, 0) is 16.0 Å². The Kier molecular flexibility index (Phi) is 6.23. The first-order chi connectivity index (χ1) is 9.71. The molecule has 21 heavy (non-hydrogen) atoms. The van der Waals surface area contributed by atoms with E-state index in [-0.39, 0.29) is 0 Å². The molecule has 0 bridgehead atoms. The van der Waals surface area contributed by atoms with Crippen LogP contribution in [0.1, 0.15) is 25.8 Å². The third-order valence-electron chi connectivity index (χ3n) is 3.16. The predicted molar refractivity (Wildman–Crippen MR) is 85.4 cm³/mol. The van der Waals surface area contributed by atoms with Crippen LogP contribution in [0.5, 0.6) is 0 Å². The van der Waals surface area contributed by atoms with Crippen molar-refractivity contribution < 1.29 is 14.7 Å². The third kappa shape index (κ3) is 5.77. The fourth-order valence-electron chi connectivity index (χ4n) is 1.89. The Bertz CT molecular complexity index is 485. The molecule has 0 spiro atoms. The summed E-state index contributed by atoms with van der Waals surface area (Å²) in [5.74, 6) is -1.60. The molecule has 4 N–H and O–H groups in total. The Morgan fingerprint density at radius 3 is 2.38 bits per heavy atom. The molecule has 1 amide bonds. The molecule has 5 nitrogen and oxygen atoms in total. The van der Waals surface area contributed by atoms with Gasteiger partial charge >= 0.3 is 5.97 Å². The molecule has 0 aliphatic heterocycles. The molecular weight excluding hydrogens is 288 g/mol. The van der Waals surface area contributed by atoms with Gasteiger partial charge in [-0.3, -0.25) is 4.79 Å². The molecule has 2 atom stereocenters. The van der Waals surface area contributed by atoms with E-state index in [4.69, 9.17) is 10.8 Å². The summed E-state index contributed by atoms with van der Waals surface area (Å²) in [5, 5.41) is 11.6. The van der Waals surface area contributed by atoms with E-state index in [9.17, 15) is 9.59 Å². The molecule has 0 heterocycles. The molecule has 1 unspecified atom stereocenters. The summed E-state index contributed by atoms with van der Waals surface area (Å²) in [6.45, 7) is 3.26. The smallest absolute Gasteiger partial charge is 0.327 e. The Balaban J connectivity index is 2.56. The Morgan fingerprint density at radius 2 is 1.90 bits per heavy atom. The highest BCUT2D eigenvalue weighted by Gasteiger charge is 2.34. The van der Waals surface area contributed by atoms with Crippen LogP contribution in [0, 0.1) is 0 Å². The van der Waals surface area contributed by atoms with E-state index in [2.05, 4.69) is 17.9 Å². The van der Waals surface area contributed by atoms with Crippen molar-refractivity contribution in [3.05, 3.63) is 35.9 Å². The van der Waals surface area contributed by atoms with E-state index in [1.807, 2.05) is 30.3 Å². The number of aliphatic carboxylic acids is 1. The Labute approximate surface area is 130 Å². The molecule has 116 valence electrons. The number of hydrogen-bond donors (Lipinski definition) is 4. The van der Waals surface area contributed by atoms with Gasteiger partial charge in [0.05, 0.1) is 6.04 Å². The van der Waals surface area contributed by atoms with Crippen LogP contribution in [0.3, 0.4) is 0 Å². The Morgan fingerprint density at radius 1 is 1.33 bits per heavy atom. The summed E-state index contributed by atoms with van der Waals surface area (Å²) < 4.78 is -0.874. The number of benzene rings is 1. The maximum Gasteiger partial charge on any atom is 0.327 e. The van der Waals surface area contributed by atoms with Gasteiger partial charge in [0.25, 0.3) is 0 Å². The second-order valence-electron chi connectivity index (χ2n) is 5.56. The molecule has 0 radical (unpaired) electrons. The van der Waals surface area contributed by atoms with E-state index < -0.39 is 28.7 Å². The van der Waals surface area contributed by atoms with Gasteiger partial charge in [0.15, 0.2) is 0 Å². The molecule has 1 aromatic rings. The van der Waals surface area contributed by atoms with Crippen molar-refractivity contribution in [1.82, 2.24) is 5.32 Å². The second kappa shape index (κ2) is 7.47. The van der Waals surface area contributed by atoms with Crippen molar-refractivity contribution in [2.45, 2.75) is 43.5 Å². The van der Waals surface area contributed by atoms with Gasteiger partial charge in [0.1, 0.15) is 6.04 Å². The zero-order chi connectivity index (χ0) is 16.0. The van der Waals surface area contributed by atoms with Crippen LogP contribution < -0.4 is 11.1 Å². The number of rotatable bonds is 7. The summed E-state index contributed by atoms with van der Waals surface area (Å²) in [6.07, 6.45) is 1.12. The number of carbonyl (C=O) groups excluding carboxylic acids is 1. The van der Waals surface area contributed by atoms with E-state index in [0.717, 1.165) is 5.56 Å². The highest BCUT2D eigenvalue weighted by Crippen LogP contribution is 2.18. The highest BCUT2D eigenvalue weighted by atomic mass is 32.1. The second-order valence-corrected chi connectivity index (χ2v) is 6.72. The highest BCUT2D eigenvalue weighted by molar-refractivity contribution is 7.81. The van der Waals surface area contributed by atoms with Crippen molar-refractivity contribution in [2.75, 3.05) is 0 Å². The lowest BCUT2D eigenvalue weighted by Gasteiger charge is -2.28. The van der Waals surface area contributed by atoms with Gasteiger partial charge in [-0.1, -0.05) is 30.3 Å². The largest absolute Gasteiger partial charge is 0.480 e. The van der Waals surface area contributed by atoms with Crippen molar-refractivity contribution in [3.8, 4) is 0 Å². The van der Waals surface area contributed by atoms with Crippen molar-refractivity contribution in [1.29, 1.82) is 0 Å². The van der Waals surface area contributed by atoms with Crippen LogP contribution in [0.25, 0.3) is 0 Å². The standard InChI is InChI=1S/C15H22N2O3S/c1-15(2,21)12(14(19)20)17-13(18)11(16)9-8-10-6-4-3-5-7-10/h3-7,11-12,21H,8-9,16H2,1-2H3,(H,17,18)(H,19,20)/t11?,12-/m1/s1. The van der Waals surface area contributed by atoms with Gasteiger partial charge < -0.3 is 16.2 Å². The predicted octanol–water partition coefficient (Wildman–Crippen LogP) is 1.22. The minimum atomic E-state index is -1.13. The number of thiol groups is 1. The maximum absolute atomic E-state index is 12.0. The zero-order valence-electron chi connectivity index (χ0n) is 12.2. The molecule has 0 saturated heterocycles. The summed E-state index contributed by atoms with van der Waals surface area (Å²) in [4.78, 5) is 23.2. The monoisotopic (exact) mass is 310 g/mol. The first-order valence-electron chi connectivity index (χ1n) is 6.77. The number of nitrogens with two attached hydrogens (primary N) is 1. The van der Waals surface area contributed by atoms with Crippen LogP contribution in [0.15, 0.2) is 30.3 Å². The molecule has 0 fully saturated rings. The first-order valence-corrected chi connectivity index (χ1v) is 7.21. The average molecular weight is 310 g/mol. The van der Waals surface area contributed by atoms with Crippen molar-refractivity contribution >= 4 is 24.5 Å². The fraction of sp³-hybridized carbons (Fsp3) is 0.467. The quantitative estimate of drug-likeness (QED) is 0.570. The molecule has 1 aromatic carbocycles. The molecule has 0 aromatic heterocycles. The minimum Gasteiger partial charge on any atom is -0.480 e. The lowest BCUT2D eigenvalue weighted by molar-refractivity contribution is -0.142. The van der Waals surface area contributed by atoms with E-state index in [1.165, 1.54) is 0 Å². The molecule has 0 aliphatic carbocycles. The summed E-state index contributed by atoms with van der Waals surface area (Å²) in [6, 6.07) is 7.85. The Hall–Kier alpha value is -1.53. The van der Waals surface area contributed by atoms with Crippen LogP contribution in [0.2, 0.25) is 0 Å². The summed E-state index contributed by atoms with van der Waals surface area (Å²) >= 11 is 4.21. The third-order valence-corrected chi connectivity index (χ3v) is 3.42. The van der Waals surface area contributed by atoms with E-state index in [0.29, 0.717) is 12.8 Å². The molecular formula is C15H22N2O3S. The number of carbonyl (C=O) groups is 2.